The molecule has 1 amide bonds. The number of amides is 1. The normalized spacial score (nSPS) is 25.9. The van der Waals surface area contributed by atoms with Crippen LogP contribution in [0.2, 0.25) is 18.1 Å². The summed E-state index contributed by atoms with van der Waals surface area (Å²) in [5.41, 5.74) is 2.82. The third-order valence-corrected chi connectivity index (χ3v) is 12.5. The number of carbonyl (C=O) groups is 1. The molecule has 0 radical (unpaired) electrons. The van der Waals surface area contributed by atoms with Crippen LogP contribution in [0.4, 0.5) is 0 Å². The molecule has 0 aromatic heterocycles. The van der Waals surface area contributed by atoms with Gasteiger partial charge in [-0.1, -0.05) is 65.8 Å². The van der Waals surface area contributed by atoms with E-state index in [0.29, 0.717) is 18.1 Å². The van der Waals surface area contributed by atoms with Crippen LogP contribution >= 0.6 is 0 Å². The molecule has 1 aliphatic heterocycles. The van der Waals surface area contributed by atoms with Crippen LogP contribution in [0.3, 0.4) is 0 Å². The van der Waals surface area contributed by atoms with Crippen molar-refractivity contribution in [1.82, 2.24) is 4.90 Å². The molecule has 3 nitrogen and oxygen atoms in total. The number of rotatable bonds is 5. The highest BCUT2D eigenvalue weighted by atomic mass is 28.4. The van der Waals surface area contributed by atoms with Crippen LogP contribution in [-0.2, 0) is 21.1 Å². The van der Waals surface area contributed by atoms with E-state index < -0.39 is 8.32 Å². The smallest absolute Gasteiger partial charge is 0.226 e. The van der Waals surface area contributed by atoms with Gasteiger partial charge in [-0.2, -0.15) is 0 Å². The molecule has 0 spiro atoms. The number of nitrogens with zero attached hydrogens (tertiary/aromatic N) is 1. The zero-order valence-corrected chi connectivity index (χ0v) is 22.3. The first-order chi connectivity index (χ1) is 14.3. The van der Waals surface area contributed by atoms with E-state index in [1.807, 2.05) is 0 Å². The third-order valence-electron chi connectivity index (χ3n) is 8.00. The molecule has 2 aliphatic rings. The first-order valence-corrected chi connectivity index (χ1v) is 15.3. The minimum Gasteiger partial charge on any atom is -0.414 e. The van der Waals surface area contributed by atoms with Gasteiger partial charge in [-0.3, -0.25) is 4.79 Å². The minimum absolute atomic E-state index is 0.154. The summed E-state index contributed by atoms with van der Waals surface area (Å²) < 4.78 is 6.65. The zero-order valence-electron chi connectivity index (χ0n) is 21.3. The second-order valence-electron chi connectivity index (χ2n) is 12.5. The van der Waals surface area contributed by atoms with Crippen LogP contribution in [0.5, 0.6) is 0 Å². The Morgan fingerprint density at radius 2 is 1.52 bits per heavy atom. The SMILES string of the molecule is CC(C)(C)c1ccc(CC2CCN(C3CCC(O[Si](C)(C)C(C)(C)C)CC3)C2=O)cc1. The summed E-state index contributed by atoms with van der Waals surface area (Å²) in [6.45, 7) is 19.3. The van der Waals surface area contributed by atoms with Crippen molar-refractivity contribution in [2.75, 3.05) is 6.54 Å². The van der Waals surface area contributed by atoms with Gasteiger partial charge in [0.05, 0.1) is 0 Å². The van der Waals surface area contributed by atoms with Crippen molar-refractivity contribution in [2.45, 2.75) is 116 Å². The molecule has 4 heteroatoms. The Kier molecular flexibility index (Phi) is 7.13. The second-order valence-corrected chi connectivity index (χ2v) is 17.2. The lowest BCUT2D eigenvalue weighted by Gasteiger charge is -2.42. The summed E-state index contributed by atoms with van der Waals surface area (Å²) in [7, 11) is -1.71. The number of benzene rings is 1. The van der Waals surface area contributed by atoms with Gasteiger partial charge in [0.15, 0.2) is 8.32 Å². The van der Waals surface area contributed by atoms with E-state index in [2.05, 4.69) is 83.8 Å². The monoisotopic (exact) mass is 443 g/mol. The summed E-state index contributed by atoms with van der Waals surface area (Å²) in [4.78, 5) is 15.4. The molecule has 1 saturated heterocycles. The summed E-state index contributed by atoms with van der Waals surface area (Å²) >= 11 is 0. The Hall–Kier alpha value is -1.13. The maximum absolute atomic E-state index is 13.2. The van der Waals surface area contributed by atoms with Crippen molar-refractivity contribution in [3.8, 4) is 0 Å². The highest BCUT2D eigenvalue weighted by Gasteiger charge is 2.41. The van der Waals surface area contributed by atoms with Crippen LogP contribution in [0, 0.1) is 5.92 Å². The van der Waals surface area contributed by atoms with Crippen molar-refractivity contribution < 1.29 is 9.22 Å². The van der Waals surface area contributed by atoms with Crippen LogP contribution in [0.25, 0.3) is 0 Å². The molecule has 1 aromatic carbocycles. The predicted octanol–water partition coefficient (Wildman–Crippen LogP) is 6.71. The van der Waals surface area contributed by atoms with Gasteiger partial charge >= 0.3 is 0 Å². The molecule has 2 fully saturated rings. The van der Waals surface area contributed by atoms with E-state index >= 15 is 0 Å². The second kappa shape index (κ2) is 9.01. The van der Waals surface area contributed by atoms with Gasteiger partial charge in [-0.05, 0) is 73.2 Å². The first-order valence-electron chi connectivity index (χ1n) is 12.4. The van der Waals surface area contributed by atoms with Crippen molar-refractivity contribution in [3.63, 3.8) is 0 Å². The summed E-state index contributed by atoms with van der Waals surface area (Å²) in [5.74, 6) is 0.537. The molecular formula is C27H45NO2Si. The van der Waals surface area contributed by atoms with Crippen molar-refractivity contribution in [2.24, 2.45) is 5.92 Å². The highest BCUT2D eigenvalue weighted by molar-refractivity contribution is 6.74. The third kappa shape index (κ3) is 5.81. The number of hydrogen-bond acceptors (Lipinski definition) is 2. The Morgan fingerprint density at radius 3 is 2.03 bits per heavy atom. The molecule has 3 rings (SSSR count). The molecule has 1 saturated carbocycles. The van der Waals surface area contributed by atoms with Gasteiger partial charge in [0.25, 0.3) is 0 Å². The average molecular weight is 444 g/mol. The lowest BCUT2D eigenvalue weighted by atomic mass is 9.86. The largest absolute Gasteiger partial charge is 0.414 e. The summed E-state index contributed by atoms with van der Waals surface area (Å²) in [5, 5.41) is 0.257. The van der Waals surface area contributed by atoms with Crippen LogP contribution < -0.4 is 0 Å². The molecule has 0 N–H and O–H groups in total. The lowest BCUT2D eigenvalue weighted by Crippen LogP contribution is -2.47. The molecular weight excluding hydrogens is 398 g/mol. The van der Waals surface area contributed by atoms with Gasteiger partial charge in [-0.25, -0.2) is 0 Å². The van der Waals surface area contributed by atoms with Crippen LogP contribution in [-0.4, -0.2) is 37.8 Å². The van der Waals surface area contributed by atoms with Crippen molar-refractivity contribution >= 4 is 14.2 Å². The van der Waals surface area contributed by atoms with Gasteiger partial charge in [0.1, 0.15) is 0 Å². The van der Waals surface area contributed by atoms with E-state index in [9.17, 15) is 4.79 Å². The lowest BCUT2D eigenvalue weighted by molar-refractivity contribution is -0.133. The van der Waals surface area contributed by atoms with Crippen molar-refractivity contribution in [3.05, 3.63) is 35.4 Å². The molecule has 1 aliphatic carbocycles. The Balaban J connectivity index is 1.52. The summed E-state index contributed by atoms with van der Waals surface area (Å²) in [6.07, 6.45) is 6.65. The van der Waals surface area contributed by atoms with Crippen molar-refractivity contribution in [1.29, 1.82) is 0 Å². The van der Waals surface area contributed by atoms with Crippen LogP contribution in [0.1, 0.15) is 84.8 Å². The molecule has 31 heavy (non-hydrogen) atoms. The average Bonchev–Trinajstić information content (AvgIpc) is 3.01. The highest BCUT2D eigenvalue weighted by Crippen LogP contribution is 2.40. The maximum atomic E-state index is 13.2. The van der Waals surface area contributed by atoms with E-state index in [-0.39, 0.29) is 16.4 Å². The molecule has 1 aromatic rings. The van der Waals surface area contributed by atoms with Gasteiger partial charge in [0, 0.05) is 24.6 Å². The number of carbonyl (C=O) groups excluding carboxylic acids is 1. The van der Waals surface area contributed by atoms with E-state index in [1.54, 1.807) is 0 Å². The Bertz CT molecular complexity index is 749. The predicted molar refractivity (Wildman–Crippen MR) is 133 cm³/mol. The van der Waals surface area contributed by atoms with E-state index in [1.165, 1.54) is 11.1 Å². The van der Waals surface area contributed by atoms with Crippen LogP contribution in [0.15, 0.2) is 24.3 Å². The van der Waals surface area contributed by atoms with E-state index in [0.717, 1.165) is 45.1 Å². The zero-order chi connectivity index (χ0) is 23.0. The van der Waals surface area contributed by atoms with E-state index in [4.69, 9.17) is 4.43 Å². The maximum Gasteiger partial charge on any atom is 0.226 e. The fourth-order valence-corrected chi connectivity index (χ4v) is 6.23. The standard InChI is InChI=1S/C27H45NO2Si/c1-26(2,3)22-11-9-20(10-12-22)19-21-17-18-28(25(21)29)23-13-15-24(16-14-23)30-31(7,8)27(4,5)6/h9-12,21,23-24H,13-19H2,1-8H3. The fourth-order valence-electron chi connectivity index (χ4n) is 4.81. The summed E-state index contributed by atoms with van der Waals surface area (Å²) in [6, 6.07) is 9.33. The molecule has 174 valence electrons. The Labute approximate surface area is 192 Å². The molecule has 1 unspecified atom stereocenters. The Morgan fingerprint density at radius 1 is 0.935 bits per heavy atom. The topological polar surface area (TPSA) is 29.5 Å². The number of hydrogen-bond donors (Lipinski definition) is 0. The van der Waals surface area contributed by atoms with Gasteiger partial charge in [0.2, 0.25) is 5.91 Å². The molecule has 1 heterocycles. The van der Waals surface area contributed by atoms with Gasteiger partial charge < -0.3 is 9.33 Å². The quantitative estimate of drug-likeness (QED) is 0.473. The number of likely N-dealkylation sites (tertiary alicyclic amines) is 1. The van der Waals surface area contributed by atoms with Gasteiger partial charge in [-0.15, -0.1) is 0 Å². The fraction of sp³-hybridized carbons (Fsp3) is 0.741. The minimum atomic E-state index is -1.71. The first kappa shape index (κ1) is 24.5. The molecule has 1 atom stereocenters. The molecule has 0 bridgehead atoms.